The van der Waals surface area contributed by atoms with Crippen LogP contribution in [0.3, 0.4) is 0 Å². The van der Waals surface area contributed by atoms with Crippen molar-refractivity contribution in [1.29, 1.82) is 0 Å². The van der Waals surface area contributed by atoms with Crippen molar-refractivity contribution in [3.8, 4) is 0 Å². The monoisotopic (exact) mass is 123 g/mol. The minimum absolute atomic E-state index is 0.672. The molecular weight excluding hydrogens is 110 g/mol. The number of hydrogen-bond acceptors (Lipinski definition) is 1. The average molecular weight is 123 g/mol. The summed E-state index contributed by atoms with van der Waals surface area (Å²) in [4.78, 5) is 0. The highest BCUT2D eigenvalue weighted by Crippen LogP contribution is 2.11. The summed E-state index contributed by atoms with van der Waals surface area (Å²) in [5.41, 5.74) is 6.62. The van der Waals surface area contributed by atoms with Crippen LogP contribution in [0.15, 0.2) is 23.9 Å². The van der Waals surface area contributed by atoms with Crippen LogP contribution in [0.25, 0.3) is 0 Å². The summed E-state index contributed by atoms with van der Waals surface area (Å²) in [5.74, 6) is 0.672. The first-order chi connectivity index (χ1) is 4.29. The lowest BCUT2D eigenvalue weighted by atomic mass is 10.1. The van der Waals surface area contributed by atoms with Crippen molar-refractivity contribution in [3.63, 3.8) is 0 Å². The fourth-order valence-corrected chi connectivity index (χ4v) is 0.936. The van der Waals surface area contributed by atoms with Crippen molar-refractivity contribution in [1.82, 2.24) is 0 Å². The molecule has 0 aromatic heterocycles. The molecule has 0 spiro atoms. The standard InChI is InChI=1S/C8H13N/c1-7-3-2-4-8(9)6-5-7/h2-3,6-7H,4-5,9H2,1H3. The summed E-state index contributed by atoms with van der Waals surface area (Å²) in [5, 5.41) is 0. The zero-order chi connectivity index (χ0) is 6.69. The third-order valence-electron chi connectivity index (χ3n) is 1.57. The average Bonchev–Trinajstić information content (AvgIpc) is 1.97. The zero-order valence-corrected chi connectivity index (χ0v) is 5.80. The molecule has 0 bridgehead atoms. The van der Waals surface area contributed by atoms with Crippen LogP contribution >= 0.6 is 0 Å². The van der Waals surface area contributed by atoms with E-state index in [4.69, 9.17) is 5.73 Å². The van der Waals surface area contributed by atoms with Gasteiger partial charge in [-0.15, -0.1) is 0 Å². The predicted octanol–water partition coefficient (Wildman–Crippen LogP) is 1.82. The number of allylic oxidation sites excluding steroid dienone is 3. The Morgan fingerprint density at radius 2 is 2.44 bits per heavy atom. The lowest BCUT2D eigenvalue weighted by Crippen LogP contribution is -1.93. The molecule has 50 valence electrons. The van der Waals surface area contributed by atoms with Crippen molar-refractivity contribution in [2.75, 3.05) is 0 Å². The van der Waals surface area contributed by atoms with E-state index in [1.807, 2.05) is 0 Å². The molecule has 0 aliphatic heterocycles. The van der Waals surface area contributed by atoms with Gasteiger partial charge in [-0.25, -0.2) is 0 Å². The Balaban J connectivity index is 2.57. The Labute approximate surface area is 56.2 Å². The molecule has 1 rings (SSSR count). The lowest BCUT2D eigenvalue weighted by Gasteiger charge is -1.96. The van der Waals surface area contributed by atoms with Crippen LogP contribution in [0.5, 0.6) is 0 Å². The minimum Gasteiger partial charge on any atom is -0.402 e. The smallest absolute Gasteiger partial charge is 0.00785 e. The topological polar surface area (TPSA) is 26.0 Å². The van der Waals surface area contributed by atoms with Crippen molar-refractivity contribution in [2.45, 2.75) is 19.8 Å². The highest BCUT2D eigenvalue weighted by Gasteiger charge is 1.98. The third kappa shape index (κ3) is 1.92. The van der Waals surface area contributed by atoms with Crippen LogP contribution in [-0.2, 0) is 0 Å². The number of hydrogen-bond donors (Lipinski definition) is 1. The third-order valence-corrected chi connectivity index (χ3v) is 1.57. The van der Waals surface area contributed by atoms with Gasteiger partial charge in [-0.3, -0.25) is 0 Å². The summed E-state index contributed by atoms with van der Waals surface area (Å²) >= 11 is 0. The van der Waals surface area contributed by atoms with Crippen molar-refractivity contribution < 1.29 is 0 Å². The molecule has 0 radical (unpaired) electrons. The Morgan fingerprint density at radius 1 is 1.67 bits per heavy atom. The first-order valence-corrected chi connectivity index (χ1v) is 3.40. The van der Waals surface area contributed by atoms with E-state index >= 15 is 0 Å². The van der Waals surface area contributed by atoms with Gasteiger partial charge in [0.1, 0.15) is 0 Å². The molecule has 1 heteroatoms. The summed E-state index contributed by atoms with van der Waals surface area (Å²) in [7, 11) is 0. The van der Waals surface area contributed by atoms with Crippen LogP contribution in [0.2, 0.25) is 0 Å². The van der Waals surface area contributed by atoms with E-state index in [1.54, 1.807) is 0 Å². The normalized spacial score (nSPS) is 27.2. The molecule has 1 aliphatic rings. The van der Waals surface area contributed by atoms with Crippen molar-refractivity contribution >= 4 is 0 Å². The van der Waals surface area contributed by atoms with Gasteiger partial charge in [0.05, 0.1) is 0 Å². The Morgan fingerprint density at radius 3 is 3.22 bits per heavy atom. The molecule has 1 aliphatic carbocycles. The molecule has 2 N–H and O–H groups in total. The first-order valence-electron chi connectivity index (χ1n) is 3.40. The first kappa shape index (κ1) is 6.40. The maximum Gasteiger partial charge on any atom is 0.00785 e. The van der Waals surface area contributed by atoms with Gasteiger partial charge in [0, 0.05) is 12.1 Å². The van der Waals surface area contributed by atoms with E-state index in [-0.39, 0.29) is 0 Å². The van der Waals surface area contributed by atoms with E-state index < -0.39 is 0 Å². The predicted molar refractivity (Wildman–Crippen MR) is 39.8 cm³/mol. The van der Waals surface area contributed by atoms with Crippen LogP contribution in [-0.4, -0.2) is 0 Å². The second-order valence-electron chi connectivity index (χ2n) is 2.62. The summed E-state index contributed by atoms with van der Waals surface area (Å²) in [6.45, 7) is 2.20. The highest BCUT2D eigenvalue weighted by atomic mass is 14.6. The van der Waals surface area contributed by atoms with E-state index in [0.717, 1.165) is 18.5 Å². The van der Waals surface area contributed by atoms with Gasteiger partial charge in [-0.2, -0.15) is 0 Å². The fourth-order valence-electron chi connectivity index (χ4n) is 0.936. The zero-order valence-electron chi connectivity index (χ0n) is 5.80. The van der Waals surface area contributed by atoms with Gasteiger partial charge < -0.3 is 5.73 Å². The second kappa shape index (κ2) is 2.72. The van der Waals surface area contributed by atoms with E-state index in [1.165, 1.54) is 0 Å². The van der Waals surface area contributed by atoms with Gasteiger partial charge >= 0.3 is 0 Å². The Bertz CT molecular complexity index is 145. The maximum atomic E-state index is 5.61. The van der Waals surface area contributed by atoms with Gasteiger partial charge in [0.2, 0.25) is 0 Å². The van der Waals surface area contributed by atoms with E-state index in [9.17, 15) is 0 Å². The summed E-state index contributed by atoms with van der Waals surface area (Å²) < 4.78 is 0. The largest absolute Gasteiger partial charge is 0.402 e. The van der Waals surface area contributed by atoms with Crippen LogP contribution < -0.4 is 5.73 Å². The highest BCUT2D eigenvalue weighted by molar-refractivity contribution is 5.08. The van der Waals surface area contributed by atoms with Crippen molar-refractivity contribution in [3.05, 3.63) is 23.9 Å². The molecule has 1 atom stereocenters. The molecule has 0 saturated carbocycles. The Hall–Kier alpha value is -0.720. The van der Waals surface area contributed by atoms with Gasteiger partial charge in [-0.05, 0) is 12.3 Å². The SMILES string of the molecule is CC1C=CCC(N)=CC1. The second-order valence-corrected chi connectivity index (χ2v) is 2.62. The van der Waals surface area contributed by atoms with E-state index in [2.05, 4.69) is 25.2 Å². The molecule has 9 heavy (non-hydrogen) atoms. The summed E-state index contributed by atoms with van der Waals surface area (Å²) in [6.07, 6.45) is 8.51. The molecule has 0 heterocycles. The van der Waals surface area contributed by atoms with Crippen LogP contribution in [0, 0.1) is 5.92 Å². The van der Waals surface area contributed by atoms with E-state index in [0.29, 0.717) is 5.92 Å². The lowest BCUT2D eigenvalue weighted by molar-refractivity contribution is 0.745. The maximum absolute atomic E-state index is 5.61. The van der Waals surface area contributed by atoms with Crippen LogP contribution in [0.1, 0.15) is 19.8 Å². The quantitative estimate of drug-likeness (QED) is 0.488. The summed E-state index contributed by atoms with van der Waals surface area (Å²) in [6, 6.07) is 0. The number of nitrogens with two attached hydrogens (primary N) is 1. The molecule has 0 amide bonds. The molecule has 0 saturated heterocycles. The molecule has 1 unspecified atom stereocenters. The van der Waals surface area contributed by atoms with Gasteiger partial charge in [0.15, 0.2) is 0 Å². The van der Waals surface area contributed by atoms with Gasteiger partial charge in [-0.1, -0.05) is 25.2 Å². The molecule has 0 aromatic rings. The molecule has 0 aromatic carbocycles. The molecule has 0 fully saturated rings. The molecule has 1 nitrogen and oxygen atoms in total. The van der Waals surface area contributed by atoms with Gasteiger partial charge in [0.25, 0.3) is 0 Å². The van der Waals surface area contributed by atoms with Crippen LogP contribution in [0.4, 0.5) is 0 Å². The Kier molecular flexibility index (Phi) is 1.93. The molecular formula is C8H13N. The number of rotatable bonds is 0. The fraction of sp³-hybridized carbons (Fsp3) is 0.500. The van der Waals surface area contributed by atoms with Crippen molar-refractivity contribution in [2.24, 2.45) is 11.7 Å². The minimum atomic E-state index is 0.672.